The first kappa shape index (κ1) is 10.3. The molecular weight excluding hydrogens is 234 g/mol. The van der Waals surface area contributed by atoms with Crippen LogP contribution in [0, 0.1) is 6.92 Å². The number of fused-ring (bicyclic) bond motifs is 1. The quantitative estimate of drug-likeness (QED) is 0.614. The molecule has 1 aromatic carbocycles. The predicted molar refractivity (Wildman–Crippen MR) is 68.6 cm³/mol. The van der Waals surface area contributed by atoms with Crippen molar-refractivity contribution in [3.63, 3.8) is 0 Å². The van der Waals surface area contributed by atoms with Crippen molar-refractivity contribution < 1.29 is 0 Å². The third kappa shape index (κ3) is 1.59. The van der Waals surface area contributed by atoms with Crippen LogP contribution in [0.15, 0.2) is 42.9 Å². The molecule has 0 amide bonds. The Kier molecular flexibility index (Phi) is 2.34. The van der Waals surface area contributed by atoms with E-state index in [0.717, 1.165) is 16.7 Å². The highest BCUT2D eigenvalue weighted by molar-refractivity contribution is 6.33. The van der Waals surface area contributed by atoms with Gasteiger partial charge in [-0.25, -0.2) is 9.97 Å². The maximum atomic E-state index is 6.03. The Morgan fingerprint density at radius 1 is 1.12 bits per heavy atom. The minimum atomic E-state index is 0.488. The summed E-state index contributed by atoms with van der Waals surface area (Å²) in [4.78, 5) is 8.26. The van der Waals surface area contributed by atoms with Crippen molar-refractivity contribution in [2.24, 2.45) is 0 Å². The van der Waals surface area contributed by atoms with Crippen LogP contribution in [0.5, 0.6) is 0 Å². The Labute approximate surface area is 104 Å². The molecule has 3 aromatic rings. The third-order valence-electron chi connectivity index (χ3n) is 2.81. The van der Waals surface area contributed by atoms with Crippen LogP contribution in [-0.4, -0.2) is 14.5 Å². The van der Waals surface area contributed by atoms with E-state index in [-0.39, 0.29) is 0 Å². The number of para-hydroxylation sites is 1. The first-order chi connectivity index (χ1) is 8.27. The largest absolute Gasteiger partial charge is 0.301 e. The second-order valence-corrected chi connectivity index (χ2v) is 4.23. The number of aryl methyl sites for hydroxylation is 1. The van der Waals surface area contributed by atoms with E-state index >= 15 is 0 Å². The molecule has 84 valence electrons. The Hall–Kier alpha value is -1.87. The molecule has 0 aliphatic rings. The zero-order valence-corrected chi connectivity index (χ0v) is 10.0. The van der Waals surface area contributed by atoms with Crippen molar-refractivity contribution >= 4 is 22.6 Å². The van der Waals surface area contributed by atoms with E-state index in [9.17, 15) is 0 Å². The van der Waals surface area contributed by atoms with Gasteiger partial charge in [-0.15, -0.1) is 0 Å². The van der Waals surface area contributed by atoms with Crippen LogP contribution in [0.4, 0.5) is 0 Å². The molecule has 0 unspecified atom stereocenters. The zero-order chi connectivity index (χ0) is 11.8. The van der Waals surface area contributed by atoms with Gasteiger partial charge < -0.3 is 4.57 Å². The molecule has 0 atom stereocenters. The molecule has 2 aromatic heterocycles. The summed E-state index contributed by atoms with van der Waals surface area (Å²) >= 11 is 6.03. The van der Waals surface area contributed by atoms with Crippen LogP contribution in [0.25, 0.3) is 16.7 Å². The van der Waals surface area contributed by atoms with Gasteiger partial charge in [0, 0.05) is 11.9 Å². The number of hydrogen-bond donors (Lipinski definition) is 0. The lowest BCUT2D eigenvalue weighted by Crippen LogP contribution is -1.96. The second kappa shape index (κ2) is 3.86. The van der Waals surface area contributed by atoms with Gasteiger partial charge in [-0.05, 0) is 24.6 Å². The molecule has 0 saturated heterocycles. The highest BCUT2D eigenvalue weighted by Gasteiger charge is 2.08. The number of hydrogen-bond acceptors (Lipinski definition) is 2. The lowest BCUT2D eigenvalue weighted by Gasteiger charge is -2.07. The highest BCUT2D eigenvalue weighted by Crippen LogP contribution is 2.24. The van der Waals surface area contributed by atoms with Gasteiger partial charge >= 0.3 is 0 Å². The highest BCUT2D eigenvalue weighted by atomic mass is 35.5. The lowest BCUT2D eigenvalue weighted by molar-refractivity contribution is 1.06. The summed E-state index contributed by atoms with van der Waals surface area (Å²) in [6, 6.07) is 10.1. The maximum Gasteiger partial charge on any atom is 0.149 e. The molecule has 0 spiro atoms. The average Bonchev–Trinajstić information content (AvgIpc) is 2.75. The van der Waals surface area contributed by atoms with Crippen LogP contribution >= 0.6 is 11.6 Å². The summed E-state index contributed by atoms with van der Waals surface area (Å²) in [5, 5.41) is 1.36. The molecule has 3 rings (SSSR count). The van der Waals surface area contributed by atoms with E-state index in [2.05, 4.69) is 29.0 Å². The first-order valence-electron chi connectivity index (χ1n) is 5.31. The Morgan fingerprint density at radius 3 is 2.76 bits per heavy atom. The molecule has 0 radical (unpaired) electrons. The van der Waals surface area contributed by atoms with Gasteiger partial charge in [-0.2, -0.15) is 0 Å². The van der Waals surface area contributed by atoms with E-state index in [1.165, 1.54) is 11.9 Å². The number of benzene rings is 1. The molecule has 0 bridgehead atoms. The SMILES string of the molecule is Cc1ccccc1-n1ccc2c(Cl)ncnc21. The van der Waals surface area contributed by atoms with Crippen LogP contribution in [-0.2, 0) is 0 Å². The molecule has 0 aliphatic heterocycles. The van der Waals surface area contributed by atoms with Crippen molar-refractivity contribution in [2.45, 2.75) is 6.92 Å². The van der Waals surface area contributed by atoms with Crippen molar-refractivity contribution in [2.75, 3.05) is 0 Å². The number of halogens is 1. The summed E-state index contributed by atoms with van der Waals surface area (Å²) in [5.74, 6) is 0. The average molecular weight is 244 g/mol. The molecule has 0 fully saturated rings. The Bertz CT molecular complexity index is 688. The second-order valence-electron chi connectivity index (χ2n) is 3.87. The standard InChI is InChI=1S/C13H10ClN3/c1-9-4-2-3-5-11(9)17-7-6-10-12(14)15-8-16-13(10)17/h2-8H,1H3. The summed E-state index contributed by atoms with van der Waals surface area (Å²) in [6.45, 7) is 2.07. The van der Waals surface area contributed by atoms with Crippen LogP contribution < -0.4 is 0 Å². The van der Waals surface area contributed by atoms with Crippen molar-refractivity contribution in [3.05, 3.63) is 53.6 Å². The fourth-order valence-corrected chi connectivity index (χ4v) is 2.14. The number of rotatable bonds is 1. The predicted octanol–water partition coefficient (Wildman–Crippen LogP) is 3.38. The van der Waals surface area contributed by atoms with E-state index in [0.29, 0.717) is 5.15 Å². The van der Waals surface area contributed by atoms with E-state index in [1.54, 1.807) is 0 Å². The van der Waals surface area contributed by atoms with E-state index in [4.69, 9.17) is 11.6 Å². The molecule has 17 heavy (non-hydrogen) atoms. The fraction of sp³-hybridized carbons (Fsp3) is 0.0769. The van der Waals surface area contributed by atoms with Gasteiger partial charge in [-0.3, -0.25) is 0 Å². The molecule has 3 nitrogen and oxygen atoms in total. The van der Waals surface area contributed by atoms with Gasteiger partial charge in [-0.1, -0.05) is 29.8 Å². The molecule has 0 aliphatic carbocycles. The van der Waals surface area contributed by atoms with E-state index < -0.39 is 0 Å². The van der Waals surface area contributed by atoms with Crippen molar-refractivity contribution in [1.82, 2.24) is 14.5 Å². The Balaban J connectivity index is 2.33. The van der Waals surface area contributed by atoms with Crippen molar-refractivity contribution in [3.8, 4) is 5.69 Å². The summed E-state index contributed by atoms with van der Waals surface area (Å²) in [7, 11) is 0. The lowest BCUT2D eigenvalue weighted by atomic mass is 10.2. The molecular formula is C13H10ClN3. The van der Waals surface area contributed by atoms with Gasteiger partial charge in [0.15, 0.2) is 0 Å². The summed E-state index contributed by atoms with van der Waals surface area (Å²) in [6.07, 6.45) is 3.45. The minimum Gasteiger partial charge on any atom is -0.301 e. The van der Waals surface area contributed by atoms with Crippen LogP contribution in [0.1, 0.15) is 5.56 Å². The molecule has 0 N–H and O–H groups in total. The summed E-state index contributed by atoms with van der Waals surface area (Å²) < 4.78 is 2.03. The van der Waals surface area contributed by atoms with Crippen LogP contribution in [0.2, 0.25) is 5.15 Å². The summed E-state index contributed by atoms with van der Waals surface area (Å²) in [5.41, 5.74) is 3.14. The van der Waals surface area contributed by atoms with Gasteiger partial charge in [0.05, 0.1) is 5.39 Å². The maximum absolute atomic E-state index is 6.03. The monoisotopic (exact) mass is 243 g/mol. The fourth-order valence-electron chi connectivity index (χ4n) is 1.95. The molecule has 4 heteroatoms. The smallest absolute Gasteiger partial charge is 0.149 e. The van der Waals surface area contributed by atoms with Gasteiger partial charge in [0.1, 0.15) is 17.1 Å². The van der Waals surface area contributed by atoms with Crippen molar-refractivity contribution in [1.29, 1.82) is 0 Å². The molecule has 2 heterocycles. The molecule has 0 saturated carbocycles. The number of aromatic nitrogens is 3. The first-order valence-corrected chi connectivity index (χ1v) is 5.69. The minimum absolute atomic E-state index is 0.488. The normalized spacial score (nSPS) is 10.9. The van der Waals surface area contributed by atoms with E-state index in [1.807, 2.05) is 29.0 Å². The number of nitrogens with zero attached hydrogens (tertiary/aromatic N) is 3. The van der Waals surface area contributed by atoms with Crippen LogP contribution in [0.3, 0.4) is 0 Å². The Morgan fingerprint density at radius 2 is 1.94 bits per heavy atom. The van der Waals surface area contributed by atoms with Gasteiger partial charge in [0.2, 0.25) is 0 Å². The zero-order valence-electron chi connectivity index (χ0n) is 9.26. The third-order valence-corrected chi connectivity index (χ3v) is 3.11. The topological polar surface area (TPSA) is 30.7 Å². The van der Waals surface area contributed by atoms with Gasteiger partial charge in [0.25, 0.3) is 0 Å².